The Bertz CT molecular complexity index is 1240. The fraction of sp³-hybridized carbons (Fsp3) is 0.150. The molecule has 0 radical (unpaired) electrons. The van der Waals surface area contributed by atoms with Gasteiger partial charge in [-0.2, -0.15) is 0 Å². The summed E-state index contributed by atoms with van der Waals surface area (Å²) in [6.07, 6.45) is 0. The molecule has 0 unspecified atom stereocenters. The molecule has 0 spiro atoms. The summed E-state index contributed by atoms with van der Waals surface area (Å²) in [4.78, 5) is 62.0. The van der Waals surface area contributed by atoms with Gasteiger partial charge in [0.05, 0.1) is 28.4 Å². The van der Waals surface area contributed by atoms with Crippen LogP contribution in [0.4, 0.5) is 0 Å². The molecule has 2 aromatic carbocycles. The number of H-pyrrole nitrogens is 1. The first-order valence-corrected chi connectivity index (χ1v) is 8.80. The zero-order chi connectivity index (χ0) is 20.5. The van der Waals surface area contributed by atoms with E-state index in [2.05, 4.69) is 5.10 Å². The molecule has 0 fully saturated rings. The van der Waals surface area contributed by atoms with E-state index in [0.29, 0.717) is 11.1 Å². The Morgan fingerprint density at radius 2 is 1.45 bits per heavy atom. The van der Waals surface area contributed by atoms with Crippen molar-refractivity contribution in [3.05, 3.63) is 80.4 Å². The summed E-state index contributed by atoms with van der Waals surface area (Å²) in [5.41, 5.74) is -0.412. The lowest BCUT2D eigenvalue weighted by Gasteiger charge is -2.14. The highest BCUT2D eigenvalue weighted by molar-refractivity contribution is 6.21. The minimum atomic E-state index is -0.783. The molecule has 0 bridgehead atoms. The number of benzene rings is 2. The number of nitrogens with zero attached hydrogens (tertiary/aromatic N) is 2. The zero-order valence-corrected chi connectivity index (χ0v) is 15.1. The monoisotopic (exact) mass is 393 g/mol. The van der Waals surface area contributed by atoms with Gasteiger partial charge in [-0.1, -0.05) is 24.3 Å². The number of aromatic nitrogens is 2. The Hall–Kier alpha value is -4.01. The summed E-state index contributed by atoms with van der Waals surface area (Å²) >= 11 is 0. The zero-order valence-electron chi connectivity index (χ0n) is 15.1. The summed E-state index contributed by atoms with van der Waals surface area (Å²) in [7, 11) is 0. The standard InChI is InChI=1S/C20H15N3O6/c24-16(11-23-20(28)13-6-2-1-5-12(13)17(25)21-23)29-10-9-22-18(26)14-7-3-4-8-15(14)19(22)27/h1-8H,9-11H2,(H,21,25). The molecule has 0 aliphatic carbocycles. The van der Waals surface area contributed by atoms with Gasteiger partial charge >= 0.3 is 5.97 Å². The third-order valence-electron chi connectivity index (χ3n) is 4.63. The van der Waals surface area contributed by atoms with Gasteiger partial charge in [-0.05, 0) is 24.3 Å². The SMILES string of the molecule is O=C(Cn1[nH]c(=O)c2ccccc2c1=O)OCCN1C(=O)c2ccccc2C1=O. The van der Waals surface area contributed by atoms with Gasteiger partial charge in [0.2, 0.25) is 0 Å². The van der Waals surface area contributed by atoms with Crippen molar-refractivity contribution in [3.8, 4) is 0 Å². The maximum atomic E-state index is 12.4. The second-order valence-electron chi connectivity index (χ2n) is 6.41. The lowest BCUT2D eigenvalue weighted by molar-refractivity contribution is -0.144. The van der Waals surface area contributed by atoms with E-state index in [1.165, 1.54) is 12.1 Å². The first-order chi connectivity index (χ1) is 14.0. The molecule has 0 saturated carbocycles. The summed E-state index contributed by atoms with van der Waals surface area (Å²) in [5, 5.41) is 2.76. The number of carbonyl (C=O) groups excluding carboxylic acids is 3. The molecule has 146 valence electrons. The summed E-state index contributed by atoms with van der Waals surface area (Å²) in [5.74, 6) is -1.68. The Kier molecular flexibility index (Phi) is 4.55. The molecule has 9 nitrogen and oxygen atoms in total. The second-order valence-corrected chi connectivity index (χ2v) is 6.41. The van der Waals surface area contributed by atoms with Crippen LogP contribution in [0.5, 0.6) is 0 Å². The summed E-state index contributed by atoms with van der Waals surface area (Å²) < 4.78 is 5.91. The Morgan fingerprint density at radius 3 is 2.10 bits per heavy atom. The number of aromatic amines is 1. The minimum Gasteiger partial charge on any atom is -0.462 e. The van der Waals surface area contributed by atoms with Crippen molar-refractivity contribution in [1.29, 1.82) is 0 Å². The number of hydrogen-bond donors (Lipinski definition) is 1. The maximum absolute atomic E-state index is 12.4. The van der Waals surface area contributed by atoms with Gasteiger partial charge in [-0.3, -0.25) is 34.0 Å². The first kappa shape index (κ1) is 18.4. The predicted molar refractivity (Wildman–Crippen MR) is 102 cm³/mol. The number of hydrogen-bond acceptors (Lipinski definition) is 6. The van der Waals surface area contributed by atoms with Crippen molar-refractivity contribution in [2.45, 2.75) is 6.54 Å². The van der Waals surface area contributed by atoms with E-state index < -0.39 is 35.4 Å². The van der Waals surface area contributed by atoms with E-state index in [9.17, 15) is 24.0 Å². The van der Waals surface area contributed by atoms with Crippen LogP contribution in [0, 0.1) is 0 Å². The van der Waals surface area contributed by atoms with E-state index in [1.807, 2.05) is 0 Å². The number of imide groups is 1. The number of ether oxygens (including phenoxy) is 1. The number of esters is 1. The summed E-state index contributed by atoms with van der Waals surface area (Å²) in [6.45, 7) is -0.834. The molecule has 4 rings (SSSR count). The van der Waals surface area contributed by atoms with E-state index >= 15 is 0 Å². The quantitative estimate of drug-likeness (QED) is 0.499. The first-order valence-electron chi connectivity index (χ1n) is 8.80. The number of fused-ring (bicyclic) bond motifs is 2. The third-order valence-corrected chi connectivity index (χ3v) is 4.63. The van der Waals surface area contributed by atoms with Gasteiger partial charge in [0.1, 0.15) is 13.2 Å². The molecule has 1 aliphatic rings. The van der Waals surface area contributed by atoms with Crippen LogP contribution in [-0.4, -0.2) is 45.6 Å². The fourth-order valence-electron chi connectivity index (χ4n) is 3.23. The number of amides is 2. The highest BCUT2D eigenvalue weighted by Gasteiger charge is 2.34. The molecule has 1 aromatic heterocycles. The van der Waals surface area contributed by atoms with E-state index in [0.717, 1.165) is 9.58 Å². The molecular weight excluding hydrogens is 378 g/mol. The molecule has 0 atom stereocenters. The van der Waals surface area contributed by atoms with Crippen LogP contribution in [0.15, 0.2) is 58.1 Å². The molecule has 2 amide bonds. The number of carbonyl (C=O) groups is 3. The van der Waals surface area contributed by atoms with Gasteiger partial charge in [-0.15, -0.1) is 0 Å². The molecule has 2 heterocycles. The van der Waals surface area contributed by atoms with Crippen LogP contribution >= 0.6 is 0 Å². The van der Waals surface area contributed by atoms with Crippen molar-refractivity contribution in [2.24, 2.45) is 0 Å². The van der Waals surface area contributed by atoms with Crippen molar-refractivity contribution in [2.75, 3.05) is 13.2 Å². The van der Waals surface area contributed by atoms with E-state index in [1.54, 1.807) is 36.4 Å². The average Bonchev–Trinajstić information content (AvgIpc) is 2.97. The van der Waals surface area contributed by atoms with Crippen LogP contribution in [0.3, 0.4) is 0 Å². The Morgan fingerprint density at radius 1 is 0.862 bits per heavy atom. The van der Waals surface area contributed by atoms with Crippen LogP contribution in [0.1, 0.15) is 20.7 Å². The topological polar surface area (TPSA) is 119 Å². The van der Waals surface area contributed by atoms with Crippen molar-refractivity contribution in [1.82, 2.24) is 14.7 Å². The van der Waals surface area contributed by atoms with Gasteiger partial charge in [0.15, 0.2) is 0 Å². The molecule has 29 heavy (non-hydrogen) atoms. The molecule has 9 heteroatoms. The van der Waals surface area contributed by atoms with E-state index in [4.69, 9.17) is 4.74 Å². The second kappa shape index (κ2) is 7.19. The number of rotatable bonds is 5. The Balaban J connectivity index is 1.41. The Labute approximate surface area is 163 Å². The van der Waals surface area contributed by atoms with Crippen LogP contribution < -0.4 is 11.1 Å². The molecule has 3 aromatic rings. The molecular formula is C20H15N3O6. The predicted octanol–water partition coefficient (Wildman–Crippen LogP) is 0.529. The third kappa shape index (κ3) is 3.22. The van der Waals surface area contributed by atoms with Crippen molar-refractivity contribution < 1.29 is 19.1 Å². The molecule has 1 N–H and O–H groups in total. The maximum Gasteiger partial charge on any atom is 0.327 e. The van der Waals surface area contributed by atoms with Crippen LogP contribution in [0.2, 0.25) is 0 Å². The lowest BCUT2D eigenvalue weighted by Crippen LogP contribution is -2.35. The lowest BCUT2D eigenvalue weighted by atomic mass is 10.1. The molecule has 1 aliphatic heterocycles. The molecule has 0 saturated heterocycles. The average molecular weight is 393 g/mol. The van der Waals surface area contributed by atoms with Crippen LogP contribution in [0.25, 0.3) is 10.8 Å². The van der Waals surface area contributed by atoms with Gasteiger partial charge < -0.3 is 4.74 Å². The largest absolute Gasteiger partial charge is 0.462 e. The smallest absolute Gasteiger partial charge is 0.327 e. The van der Waals surface area contributed by atoms with Gasteiger partial charge in [-0.25, -0.2) is 4.68 Å². The fourth-order valence-corrected chi connectivity index (χ4v) is 3.23. The van der Waals surface area contributed by atoms with Crippen LogP contribution in [-0.2, 0) is 16.1 Å². The van der Waals surface area contributed by atoms with Crippen molar-refractivity contribution in [3.63, 3.8) is 0 Å². The highest BCUT2D eigenvalue weighted by Crippen LogP contribution is 2.21. The van der Waals surface area contributed by atoms with E-state index in [-0.39, 0.29) is 23.9 Å². The van der Waals surface area contributed by atoms with Gasteiger partial charge in [0, 0.05) is 0 Å². The summed E-state index contributed by atoms with van der Waals surface area (Å²) in [6, 6.07) is 12.7. The highest BCUT2D eigenvalue weighted by atomic mass is 16.5. The van der Waals surface area contributed by atoms with Crippen molar-refractivity contribution >= 4 is 28.6 Å². The van der Waals surface area contributed by atoms with Gasteiger partial charge in [0.25, 0.3) is 22.9 Å². The normalized spacial score (nSPS) is 13.0. The minimum absolute atomic E-state index is 0.110. The number of nitrogens with one attached hydrogen (secondary N) is 1.